The first-order valence-corrected chi connectivity index (χ1v) is 11.2. The number of amides is 1. The van der Waals surface area contributed by atoms with Crippen LogP contribution in [0.3, 0.4) is 0 Å². The van der Waals surface area contributed by atoms with Gasteiger partial charge < -0.3 is 5.32 Å². The van der Waals surface area contributed by atoms with Crippen molar-refractivity contribution in [2.75, 3.05) is 17.3 Å². The Hall–Kier alpha value is -1.61. The van der Waals surface area contributed by atoms with E-state index >= 15 is 0 Å². The van der Waals surface area contributed by atoms with Crippen molar-refractivity contribution in [3.63, 3.8) is 0 Å². The Bertz CT molecular complexity index is 1010. The highest BCUT2D eigenvalue weighted by Crippen LogP contribution is 2.30. The van der Waals surface area contributed by atoms with Crippen LogP contribution in [0.25, 0.3) is 10.2 Å². The first-order valence-electron chi connectivity index (χ1n) is 7.11. The maximum Gasteiger partial charge on any atom is 0.234 e. The van der Waals surface area contributed by atoms with E-state index in [0.717, 1.165) is 20.8 Å². The standard InChI is InChI=1S/C16H13ClN2O3S3/c1-25(21,22)10-6-7-11(17)13(8-10)18-15(20)9-23-16-19-12-4-2-3-5-14(12)24-16/h2-8H,9H2,1H3,(H,18,20). The lowest BCUT2D eigenvalue weighted by molar-refractivity contribution is -0.113. The van der Waals surface area contributed by atoms with Crippen molar-refractivity contribution in [2.45, 2.75) is 9.24 Å². The van der Waals surface area contributed by atoms with Gasteiger partial charge in [0.05, 0.1) is 31.6 Å². The molecule has 3 rings (SSSR count). The van der Waals surface area contributed by atoms with Crippen molar-refractivity contribution in [3.05, 3.63) is 47.5 Å². The summed E-state index contributed by atoms with van der Waals surface area (Å²) in [5, 5.41) is 2.93. The van der Waals surface area contributed by atoms with Crippen molar-refractivity contribution < 1.29 is 13.2 Å². The molecule has 0 atom stereocenters. The van der Waals surface area contributed by atoms with Gasteiger partial charge >= 0.3 is 0 Å². The van der Waals surface area contributed by atoms with Crippen molar-refractivity contribution in [2.24, 2.45) is 0 Å². The molecule has 0 aliphatic carbocycles. The Labute approximate surface area is 158 Å². The van der Waals surface area contributed by atoms with Gasteiger partial charge in [0.1, 0.15) is 0 Å². The number of nitrogens with one attached hydrogen (secondary N) is 1. The van der Waals surface area contributed by atoms with E-state index in [1.165, 1.54) is 41.3 Å². The van der Waals surface area contributed by atoms with Crippen LogP contribution in [0.2, 0.25) is 5.02 Å². The molecule has 0 spiro atoms. The summed E-state index contributed by atoms with van der Waals surface area (Å²) in [5.41, 5.74) is 1.18. The molecule has 5 nitrogen and oxygen atoms in total. The van der Waals surface area contributed by atoms with Gasteiger partial charge in [0.15, 0.2) is 14.2 Å². The Morgan fingerprint density at radius 1 is 1.28 bits per heavy atom. The van der Waals surface area contributed by atoms with Gasteiger partial charge in [-0.05, 0) is 30.3 Å². The molecule has 0 aliphatic heterocycles. The summed E-state index contributed by atoms with van der Waals surface area (Å²) in [7, 11) is -3.37. The zero-order valence-electron chi connectivity index (χ0n) is 13.0. The molecule has 0 bridgehead atoms. The molecular formula is C16H13ClN2O3S3. The number of thiazole rings is 1. The second kappa shape index (κ2) is 7.33. The van der Waals surface area contributed by atoms with E-state index in [4.69, 9.17) is 11.6 Å². The molecule has 1 heterocycles. The molecule has 2 aromatic carbocycles. The van der Waals surface area contributed by atoms with Gasteiger partial charge in [-0.25, -0.2) is 13.4 Å². The molecule has 0 saturated carbocycles. The molecular weight excluding hydrogens is 400 g/mol. The predicted molar refractivity (Wildman–Crippen MR) is 104 cm³/mol. The molecule has 0 aliphatic rings. The van der Waals surface area contributed by atoms with Crippen molar-refractivity contribution in [1.29, 1.82) is 0 Å². The zero-order valence-corrected chi connectivity index (χ0v) is 16.2. The van der Waals surface area contributed by atoms with Crippen LogP contribution in [0.15, 0.2) is 51.7 Å². The van der Waals surface area contributed by atoms with Gasteiger partial charge in [-0.2, -0.15) is 0 Å². The number of rotatable bonds is 5. The summed E-state index contributed by atoms with van der Waals surface area (Å²) >= 11 is 8.88. The third kappa shape index (κ3) is 4.52. The van der Waals surface area contributed by atoms with E-state index in [9.17, 15) is 13.2 Å². The third-order valence-corrected chi connectivity index (χ3v) is 6.86. The summed E-state index contributed by atoms with van der Waals surface area (Å²) in [4.78, 5) is 16.7. The van der Waals surface area contributed by atoms with Crippen molar-refractivity contribution in [3.8, 4) is 0 Å². The molecule has 0 radical (unpaired) electrons. The molecule has 0 unspecified atom stereocenters. The summed E-state index contributed by atoms with van der Waals surface area (Å²) in [6, 6.07) is 12.0. The van der Waals surface area contributed by atoms with Crippen LogP contribution in [0.1, 0.15) is 0 Å². The second-order valence-electron chi connectivity index (χ2n) is 5.20. The number of carbonyl (C=O) groups excluding carboxylic acids is 1. The van der Waals surface area contributed by atoms with Gasteiger partial charge in [0.2, 0.25) is 5.91 Å². The smallest absolute Gasteiger partial charge is 0.234 e. The van der Waals surface area contributed by atoms with E-state index in [2.05, 4.69) is 10.3 Å². The average Bonchev–Trinajstić information content (AvgIpc) is 2.97. The van der Waals surface area contributed by atoms with Gasteiger partial charge in [-0.1, -0.05) is 35.5 Å². The number of carbonyl (C=O) groups is 1. The van der Waals surface area contributed by atoms with Crippen LogP contribution in [0.4, 0.5) is 5.69 Å². The number of nitrogens with zero attached hydrogens (tertiary/aromatic N) is 1. The monoisotopic (exact) mass is 412 g/mol. The number of sulfone groups is 1. The fourth-order valence-electron chi connectivity index (χ4n) is 2.06. The van der Waals surface area contributed by atoms with E-state index in [1.807, 2.05) is 24.3 Å². The first kappa shape index (κ1) is 18.2. The first-order chi connectivity index (χ1) is 11.8. The van der Waals surface area contributed by atoms with Gasteiger partial charge in [-0.15, -0.1) is 11.3 Å². The number of halogens is 1. The van der Waals surface area contributed by atoms with Crippen LogP contribution in [0, 0.1) is 0 Å². The fraction of sp³-hybridized carbons (Fsp3) is 0.125. The fourth-order valence-corrected chi connectivity index (χ4v) is 4.74. The van der Waals surface area contributed by atoms with Crippen LogP contribution < -0.4 is 5.32 Å². The van der Waals surface area contributed by atoms with Crippen LogP contribution in [-0.2, 0) is 14.6 Å². The normalized spacial score (nSPS) is 11.6. The lowest BCUT2D eigenvalue weighted by Gasteiger charge is -2.08. The third-order valence-electron chi connectivity index (χ3n) is 3.24. The molecule has 0 fully saturated rings. The quantitative estimate of drug-likeness (QED) is 0.639. The number of para-hydroxylation sites is 1. The average molecular weight is 413 g/mol. The maximum atomic E-state index is 12.2. The Morgan fingerprint density at radius 2 is 2.04 bits per heavy atom. The summed E-state index contributed by atoms with van der Waals surface area (Å²) in [6.07, 6.45) is 1.10. The van der Waals surface area contributed by atoms with Gasteiger partial charge in [0.25, 0.3) is 0 Å². The Kier molecular flexibility index (Phi) is 5.33. The molecule has 1 aromatic heterocycles. The molecule has 1 N–H and O–H groups in total. The topological polar surface area (TPSA) is 76.1 Å². The lowest BCUT2D eigenvalue weighted by atomic mass is 10.3. The SMILES string of the molecule is CS(=O)(=O)c1ccc(Cl)c(NC(=O)CSc2nc3ccccc3s2)c1. The number of anilines is 1. The van der Waals surface area contributed by atoms with Gasteiger partial charge in [0, 0.05) is 6.26 Å². The Morgan fingerprint density at radius 3 is 2.76 bits per heavy atom. The number of fused-ring (bicyclic) bond motifs is 1. The molecule has 9 heteroatoms. The minimum Gasteiger partial charge on any atom is -0.324 e. The highest BCUT2D eigenvalue weighted by molar-refractivity contribution is 8.01. The van der Waals surface area contributed by atoms with Crippen LogP contribution >= 0.6 is 34.7 Å². The highest BCUT2D eigenvalue weighted by Gasteiger charge is 2.13. The van der Waals surface area contributed by atoms with Gasteiger partial charge in [-0.3, -0.25) is 4.79 Å². The predicted octanol–water partition coefficient (Wildman–Crippen LogP) is 4.08. The molecule has 1 amide bonds. The summed E-state index contributed by atoms with van der Waals surface area (Å²) in [6.45, 7) is 0. The van der Waals surface area contributed by atoms with Crippen LogP contribution in [-0.4, -0.2) is 31.3 Å². The zero-order chi connectivity index (χ0) is 18.0. The maximum absolute atomic E-state index is 12.2. The van der Waals surface area contributed by atoms with E-state index in [1.54, 1.807) is 0 Å². The minimum absolute atomic E-state index is 0.103. The second-order valence-corrected chi connectivity index (χ2v) is 9.87. The number of hydrogen-bond acceptors (Lipinski definition) is 6. The Balaban J connectivity index is 1.68. The number of benzene rings is 2. The number of thioether (sulfide) groups is 1. The van der Waals surface area contributed by atoms with E-state index < -0.39 is 9.84 Å². The largest absolute Gasteiger partial charge is 0.324 e. The molecule has 3 aromatic rings. The molecule has 25 heavy (non-hydrogen) atoms. The summed E-state index contributed by atoms with van der Waals surface area (Å²) < 4.78 is 25.1. The number of aromatic nitrogens is 1. The minimum atomic E-state index is -3.37. The number of hydrogen-bond donors (Lipinski definition) is 1. The van der Waals surface area contributed by atoms with E-state index in [-0.39, 0.29) is 27.3 Å². The highest BCUT2D eigenvalue weighted by atomic mass is 35.5. The van der Waals surface area contributed by atoms with Crippen molar-refractivity contribution in [1.82, 2.24) is 4.98 Å². The van der Waals surface area contributed by atoms with E-state index in [0.29, 0.717) is 0 Å². The summed E-state index contributed by atoms with van der Waals surface area (Å²) in [5.74, 6) is -0.129. The van der Waals surface area contributed by atoms with Crippen molar-refractivity contribution >= 4 is 66.3 Å². The molecule has 0 saturated heterocycles. The lowest BCUT2D eigenvalue weighted by Crippen LogP contribution is -2.14. The van der Waals surface area contributed by atoms with Crippen LogP contribution in [0.5, 0.6) is 0 Å². The molecule has 130 valence electrons.